The number of nitrogens with one attached hydrogen (secondary N) is 1. The summed E-state index contributed by atoms with van der Waals surface area (Å²) in [7, 11) is 1.82. The molecule has 1 N–H and O–H groups in total. The Bertz CT molecular complexity index is 1060. The van der Waals surface area contributed by atoms with Crippen molar-refractivity contribution >= 4 is 22.7 Å². The fraction of sp³-hybridized carbons (Fsp3) is 0.444. The maximum absolute atomic E-state index is 9.52. The van der Waals surface area contributed by atoms with Gasteiger partial charge in [-0.25, -0.2) is 4.98 Å². The molecule has 2 fully saturated rings. The Morgan fingerprint density at radius 1 is 1.32 bits per heavy atom. The van der Waals surface area contributed by atoms with Crippen LogP contribution in [0.1, 0.15) is 18.2 Å². The molecule has 5 heterocycles. The molecule has 0 amide bonds. The zero-order valence-electron chi connectivity index (χ0n) is 15.3. The predicted octanol–water partition coefficient (Wildman–Crippen LogP) is 1.52. The van der Waals surface area contributed by atoms with Gasteiger partial charge in [-0.2, -0.15) is 10.2 Å². The SMILES string of the molecule is Cn1cc(Nc2ncc3cc(C#N)n(C4CCOC4)c3n2)c(OC2COC2)n1. The number of rotatable bonds is 5. The van der Waals surface area contributed by atoms with E-state index in [-0.39, 0.29) is 12.1 Å². The number of ether oxygens (including phenoxy) is 3. The van der Waals surface area contributed by atoms with Gasteiger partial charge in [-0.15, -0.1) is 5.10 Å². The van der Waals surface area contributed by atoms with Gasteiger partial charge in [0.1, 0.15) is 29.2 Å². The molecule has 0 aliphatic carbocycles. The highest BCUT2D eigenvalue weighted by molar-refractivity contribution is 5.79. The Hall–Kier alpha value is -3.16. The lowest BCUT2D eigenvalue weighted by Crippen LogP contribution is -2.38. The molecule has 3 aromatic rings. The number of nitrogens with zero attached hydrogens (tertiary/aromatic N) is 6. The first-order valence-corrected chi connectivity index (χ1v) is 9.12. The van der Waals surface area contributed by atoms with Crippen LogP contribution in [-0.2, 0) is 16.5 Å². The van der Waals surface area contributed by atoms with E-state index in [0.29, 0.717) is 55.3 Å². The van der Waals surface area contributed by atoms with E-state index >= 15 is 0 Å². The highest BCUT2D eigenvalue weighted by Gasteiger charge is 2.25. The fourth-order valence-electron chi connectivity index (χ4n) is 3.45. The normalized spacial score (nSPS) is 19.5. The van der Waals surface area contributed by atoms with Crippen LogP contribution < -0.4 is 10.1 Å². The number of fused-ring (bicyclic) bond motifs is 1. The summed E-state index contributed by atoms with van der Waals surface area (Å²) in [5.74, 6) is 0.898. The van der Waals surface area contributed by atoms with Crippen LogP contribution in [0.5, 0.6) is 5.88 Å². The molecule has 0 spiro atoms. The number of aromatic nitrogens is 5. The summed E-state index contributed by atoms with van der Waals surface area (Å²) < 4.78 is 20.1. The molecule has 2 aliphatic rings. The molecule has 2 saturated heterocycles. The van der Waals surface area contributed by atoms with E-state index in [9.17, 15) is 5.26 Å². The molecule has 2 aliphatic heterocycles. The lowest BCUT2D eigenvalue weighted by Gasteiger charge is -2.25. The molecule has 10 heteroatoms. The highest BCUT2D eigenvalue weighted by Crippen LogP contribution is 2.30. The summed E-state index contributed by atoms with van der Waals surface area (Å²) in [4.78, 5) is 9.05. The maximum atomic E-state index is 9.52. The summed E-state index contributed by atoms with van der Waals surface area (Å²) >= 11 is 0. The van der Waals surface area contributed by atoms with Crippen LogP contribution in [0.3, 0.4) is 0 Å². The van der Waals surface area contributed by atoms with Crippen LogP contribution >= 0.6 is 0 Å². The van der Waals surface area contributed by atoms with Gasteiger partial charge in [0.2, 0.25) is 5.95 Å². The number of nitriles is 1. The van der Waals surface area contributed by atoms with Crippen LogP contribution in [0.4, 0.5) is 11.6 Å². The Labute approximate surface area is 160 Å². The van der Waals surface area contributed by atoms with E-state index in [2.05, 4.69) is 26.5 Å². The second kappa shape index (κ2) is 6.78. The van der Waals surface area contributed by atoms with Crippen molar-refractivity contribution in [2.24, 2.45) is 7.05 Å². The first-order valence-electron chi connectivity index (χ1n) is 9.12. The molecule has 5 rings (SSSR count). The van der Waals surface area contributed by atoms with Crippen LogP contribution in [0.25, 0.3) is 11.0 Å². The summed E-state index contributed by atoms with van der Waals surface area (Å²) in [6, 6.07) is 4.17. The third-order valence-electron chi connectivity index (χ3n) is 4.89. The highest BCUT2D eigenvalue weighted by atomic mass is 16.6. The molecule has 1 unspecified atom stereocenters. The second-order valence-corrected chi connectivity index (χ2v) is 6.93. The Morgan fingerprint density at radius 2 is 2.21 bits per heavy atom. The molecule has 0 bridgehead atoms. The van der Waals surface area contributed by atoms with Crippen molar-refractivity contribution in [3.8, 4) is 11.9 Å². The van der Waals surface area contributed by atoms with E-state index < -0.39 is 0 Å². The molecule has 0 saturated carbocycles. The molecule has 28 heavy (non-hydrogen) atoms. The van der Waals surface area contributed by atoms with Crippen molar-refractivity contribution < 1.29 is 14.2 Å². The fourth-order valence-corrected chi connectivity index (χ4v) is 3.45. The van der Waals surface area contributed by atoms with Gasteiger partial charge < -0.3 is 24.1 Å². The molecular weight excluding hydrogens is 362 g/mol. The van der Waals surface area contributed by atoms with E-state index in [4.69, 9.17) is 14.2 Å². The smallest absolute Gasteiger partial charge is 0.257 e. The number of hydrogen-bond acceptors (Lipinski definition) is 8. The largest absolute Gasteiger partial charge is 0.467 e. The summed E-state index contributed by atoms with van der Waals surface area (Å²) in [6.45, 7) is 2.39. The van der Waals surface area contributed by atoms with Crippen LogP contribution in [0.15, 0.2) is 18.5 Å². The lowest BCUT2D eigenvalue weighted by molar-refractivity contribution is -0.0812. The van der Waals surface area contributed by atoms with E-state index in [1.165, 1.54) is 0 Å². The van der Waals surface area contributed by atoms with E-state index in [0.717, 1.165) is 11.8 Å². The molecule has 0 radical (unpaired) electrons. The molecular formula is C18H19N7O3. The summed E-state index contributed by atoms with van der Waals surface area (Å²) in [6.07, 6.45) is 4.40. The van der Waals surface area contributed by atoms with Crippen molar-refractivity contribution in [1.82, 2.24) is 24.3 Å². The minimum atomic E-state index is 0.0108. The maximum Gasteiger partial charge on any atom is 0.257 e. The second-order valence-electron chi connectivity index (χ2n) is 6.93. The molecule has 10 nitrogen and oxygen atoms in total. The van der Waals surface area contributed by atoms with Crippen molar-refractivity contribution in [2.45, 2.75) is 18.6 Å². The monoisotopic (exact) mass is 381 g/mol. The molecule has 144 valence electrons. The minimum Gasteiger partial charge on any atom is -0.467 e. The standard InChI is InChI=1S/C18H19N7O3/c1-24-7-15(17(23-24)28-14-9-27-10-14)21-18-20-6-11-4-13(5-19)25(16(11)22-18)12-2-3-26-8-12/h4,6-7,12,14H,2-3,8-10H2,1H3,(H,20,21,22). The van der Waals surface area contributed by atoms with Gasteiger partial charge >= 0.3 is 0 Å². The van der Waals surface area contributed by atoms with Crippen molar-refractivity contribution in [3.05, 3.63) is 24.2 Å². The zero-order valence-corrected chi connectivity index (χ0v) is 15.3. The van der Waals surface area contributed by atoms with E-state index in [1.807, 2.05) is 23.9 Å². The average molecular weight is 381 g/mol. The molecule has 0 aromatic carbocycles. The van der Waals surface area contributed by atoms with Gasteiger partial charge in [0.25, 0.3) is 5.88 Å². The van der Waals surface area contributed by atoms with Crippen molar-refractivity contribution in [1.29, 1.82) is 5.26 Å². The van der Waals surface area contributed by atoms with Gasteiger partial charge in [-0.1, -0.05) is 0 Å². The number of anilines is 2. The summed E-state index contributed by atoms with van der Waals surface area (Å²) in [5, 5.41) is 17.9. The van der Waals surface area contributed by atoms with Crippen molar-refractivity contribution in [2.75, 3.05) is 31.7 Å². The van der Waals surface area contributed by atoms with Crippen LogP contribution in [-0.4, -0.2) is 56.8 Å². The van der Waals surface area contributed by atoms with E-state index in [1.54, 1.807) is 10.9 Å². The van der Waals surface area contributed by atoms with Gasteiger partial charge in [0.15, 0.2) is 0 Å². The number of hydrogen-bond donors (Lipinski definition) is 1. The first-order chi connectivity index (χ1) is 13.7. The van der Waals surface area contributed by atoms with Gasteiger partial charge in [-0.3, -0.25) is 4.68 Å². The first kappa shape index (κ1) is 17.0. The predicted molar refractivity (Wildman–Crippen MR) is 98.4 cm³/mol. The van der Waals surface area contributed by atoms with Crippen LogP contribution in [0.2, 0.25) is 0 Å². The van der Waals surface area contributed by atoms with Gasteiger partial charge in [0.05, 0.1) is 32.1 Å². The quantitative estimate of drug-likeness (QED) is 0.708. The minimum absolute atomic E-state index is 0.0108. The Morgan fingerprint density at radius 3 is 2.93 bits per heavy atom. The Balaban J connectivity index is 1.48. The topological polar surface area (TPSA) is 112 Å². The average Bonchev–Trinajstić information content (AvgIpc) is 3.36. The summed E-state index contributed by atoms with van der Waals surface area (Å²) in [5.41, 5.74) is 1.95. The lowest BCUT2D eigenvalue weighted by atomic mass is 10.2. The third-order valence-corrected chi connectivity index (χ3v) is 4.89. The zero-order chi connectivity index (χ0) is 19.1. The molecule has 1 atom stereocenters. The molecule has 3 aromatic heterocycles. The van der Waals surface area contributed by atoms with Crippen molar-refractivity contribution in [3.63, 3.8) is 0 Å². The van der Waals surface area contributed by atoms with Gasteiger partial charge in [-0.05, 0) is 12.5 Å². The number of aryl methyl sites for hydroxylation is 1. The van der Waals surface area contributed by atoms with Gasteiger partial charge in [0, 0.05) is 25.2 Å². The van der Waals surface area contributed by atoms with Crippen LogP contribution in [0, 0.1) is 11.3 Å². The third kappa shape index (κ3) is 2.94. The Kier molecular flexibility index (Phi) is 4.11.